The van der Waals surface area contributed by atoms with E-state index in [1.807, 2.05) is 11.3 Å². The van der Waals surface area contributed by atoms with Crippen molar-refractivity contribution < 1.29 is 0 Å². The van der Waals surface area contributed by atoms with Crippen LogP contribution in [0.25, 0.3) is 108 Å². The van der Waals surface area contributed by atoms with Crippen molar-refractivity contribution in [3.8, 4) is 55.6 Å². The zero-order valence-corrected chi connectivity index (χ0v) is 30.9. The summed E-state index contributed by atoms with van der Waals surface area (Å²) < 4.78 is 2.64. The Bertz CT molecular complexity index is 3200. The van der Waals surface area contributed by atoms with Gasteiger partial charge in [0.2, 0.25) is 0 Å². The van der Waals surface area contributed by atoms with Gasteiger partial charge in [-0.1, -0.05) is 176 Å². The Balaban J connectivity index is 0.959. The van der Waals surface area contributed by atoms with Crippen LogP contribution in [0.2, 0.25) is 0 Å². The molecule has 0 nitrogen and oxygen atoms in total. The summed E-state index contributed by atoms with van der Waals surface area (Å²) >= 11 is 1.89. The van der Waals surface area contributed by atoms with Gasteiger partial charge in [-0.05, 0) is 118 Å². The second kappa shape index (κ2) is 13.0. The maximum absolute atomic E-state index is 2.39. The largest absolute Gasteiger partial charge is 0.135 e. The molecule has 0 spiro atoms. The molecule has 0 aliphatic heterocycles. The molecular weight excluding hydrogens is 681 g/mol. The van der Waals surface area contributed by atoms with E-state index in [4.69, 9.17) is 0 Å². The van der Waals surface area contributed by atoms with Crippen molar-refractivity contribution in [1.82, 2.24) is 0 Å². The molecule has 0 saturated carbocycles. The van der Waals surface area contributed by atoms with Crippen LogP contribution < -0.4 is 0 Å². The summed E-state index contributed by atoms with van der Waals surface area (Å²) in [5, 5.41) is 10.4. The second-order valence-corrected chi connectivity index (χ2v) is 15.5. The minimum Gasteiger partial charge on any atom is -0.135 e. The van der Waals surface area contributed by atoms with Crippen LogP contribution >= 0.6 is 11.3 Å². The van der Waals surface area contributed by atoms with Crippen molar-refractivity contribution in [2.24, 2.45) is 0 Å². The minimum absolute atomic E-state index is 1.22. The molecule has 0 amide bonds. The van der Waals surface area contributed by atoms with E-state index < -0.39 is 0 Å². The molecule has 0 aliphatic carbocycles. The Kier molecular flexibility index (Phi) is 7.46. The summed E-state index contributed by atoms with van der Waals surface area (Å²) in [4.78, 5) is 0. The molecule has 0 saturated heterocycles. The summed E-state index contributed by atoms with van der Waals surface area (Å²) in [6.45, 7) is 0. The fourth-order valence-electron chi connectivity index (χ4n) is 8.52. The third kappa shape index (κ3) is 5.44. The molecule has 0 radical (unpaired) electrons. The minimum atomic E-state index is 1.22. The predicted molar refractivity (Wildman–Crippen MR) is 239 cm³/mol. The molecule has 0 atom stereocenters. The van der Waals surface area contributed by atoms with Gasteiger partial charge in [-0.25, -0.2) is 0 Å². The summed E-state index contributed by atoms with van der Waals surface area (Å²) in [6.07, 6.45) is 0. The maximum atomic E-state index is 2.39. The predicted octanol–water partition coefficient (Wildman–Crippen LogP) is 15.8. The first-order valence-corrected chi connectivity index (χ1v) is 19.7. The van der Waals surface area contributed by atoms with Gasteiger partial charge in [-0.15, -0.1) is 11.3 Å². The number of thiophene rings is 1. The van der Waals surface area contributed by atoms with E-state index >= 15 is 0 Å². The number of fused-ring (bicyclic) bond motifs is 9. The van der Waals surface area contributed by atoms with Crippen LogP contribution in [-0.4, -0.2) is 0 Å². The van der Waals surface area contributed by atoms with E-state index in [0.717, 1.165) is 0 Å². The van der Waals surface area contributed by atoms with Crippen LogP contribution in [0.15, 0.2) is 206 Å². The highest BCUT2D eigenvalue weighted by molar-refractivity contribution is 7.26. The third-order valence-electron chi connectivity index (χ3n) is 11.3. The van der Waals surface area contributed by atoms with Gasteiger partial charge in [-0.3, -0.25) is 0 Å². The Labute approximate surface area is 324 Å². The standard InChI is InChI=1S/C54H34S/c1-2-11-35(12-3-1)36-23-25-37(26-24-36)38-13-8-14-39(31-38)42-28-30-53-52(34-42)50-22-10-21-44(54(50)55-53)43-16-9-15-40(32-43)41-27-29-49-47-19-5-4-17-45(47)46-18-6-7-20-48(46)51(49)33-41/h1-34H. The highest BCUT2D eigenvalue weighted by Crippen LogP contribution is 2.43. The first-order chi connectivity index (χ1) is 27.2. The first-order valence-electron chi connectivity index (χ1n) is 18.9. The lowest BCUT2D eigenvalue weighted by Crippen LogP contribution is -1.86. The molecule has 1 heterocycles. The molecule has 256 valence electrons. The Morgan fingerprint density at radius 1 is 0.218 bits per heavy atom. The van der Waals surface area contributed by atoms with Gasteiger partial charge < -0.3 is 0 Å². The van der Waals surface area contributed by atoms with E-state index in [-0.39, 0.29) is 0 Å². The Morgan fingerprint density at radius 3 is 1.29 bits per heavy atom. The molecule has 11 rings (SSSR count). The average molecular weight is 715 g/mol. The second-order valence-electron chi connectivity index (χ2n) is 14.5. The van der Waals surface area contributed by atoms with Gasteiger partial charge in [-0.2, -0.15) is 0 Å². The zero-order valence-electron chi connectivity index (χ0n) is 30.0. The van der Waals surface area contributed by atoms with Crippen molar-refractivity contribution in [1.29, 1.82) is 0 Å². The normalized spacial score (nSPS) is 11.6. The fraction of sp³-hybridized carbons (Fsp3) is 0. The quantitative estimate of drug-likeness (QED) is 0.156. The maximum Gasteiger partial charge on any atom is 0.0433 e. The van der Waals surface area contributed by atoms with Gasteiger partial charge in [0.05, 0.1) is 0 Å². The molecular formula is C54H34S. The first kappa shape index (κ1) is 31.7. The monoisotopic (exact) mass is 714 g/mol. The molecule has 10 aromatic carbocycles. The Morgan fingerprint density at radius 2 is 0.618 bits per heavy atom. The summed E-state index contributed by atoms with van der Waals surface area (Å²) in [5.41, 5.74) is 12.4. The van der Waals surface area contributed by atoms with E-state index in [9.17, 15) is 0 Å². The zero-order chi connectivity index (χ0) is 36.3. The van der Waals surface area contributed by atoms with Gasteiger partial charge in [0.1, 0.15) is 0 Å². The van der Waals surface area contributed by atoms with Gasteiger partial charge in [0.25, 0.3) is 0 Å². The number of benzene rings is 10. The van der Waals surface area contributed by atoms with Crippen LogP contribution in [0, 0.1) is 0 Å². The number of hydrogen-bond donors (Lipinski definition) is 0. The van der Waals surface area contributed by atoms with Crippen LogP contribution in [0.4, 0.5) is 0 Å². The molecule has 0 N–H and O–H groups in total. The topological polar surface area (TPSA) is 0 Å². The smallest absolute Gasteiger partial charge is 0.0433 e. The van der Waals surface area contributed by atoms with Crippen LogP contribution in [0.3, 0.4) is 0 Å². The molecule has 0 bridgehead atoms. The molecule has 1 aromatic heterocycles. The van der Waals surface area contributed by atoms with E-state index in [2.05, 4.69) is 206 Å². The van der Waals surface area contributed by atoms with E-state index in [0.29, 0.717) is 0 Å². The van der Waals surface area contributed by atoms with Gasteiger partial charge in [0.15, 0.2) is 0 Å². The van der Waals surface area contributed by atoms with Crippen LogP contribution in [0.5, 0.6) is 0 Å². The van der Waals surface area contributed by atoms with Crippen molar-refractivity contribution in [3.05, 3.63) is 206 Å². The molecule has 0 aliphatic rings. The number of rotatable bonds is 5. The van der Waals surface area contributed by atoms with Crippen molar-refractivity contribution in [3.63, 3.8) is 0 Å². The van der Waals surface area contributed by atoms with E-state index in [1.54, 1.807) is 0 Å². The molecule has 0 unspecified atom stereocenters. The van der Waals surface area contributed by atoms with E-state index in [1.165, 1.54) is 108 Å². The van der Waals surface area contributed by atoms with Crippen LogP contribution in [-0.2, 0) is 0 Å². The van der Waals surface area contributed by atoms with Crippen molar-refractivity contribution >= 4 is 63.8 Å². The van der Waals surface area contributed by atoms with Gasteiger partial charge >= 0.3 is 0 Å². The summed E-state index contributed by atoms with van der Waals surface area (Å²) in [7, 11) is 0. The highest BCUT2D eigenvalue weighted by atomic mass is 32.1. The lowest BCUT2D eigenvalue weighted by Gasteiger charge is -2.12. The lowest BCUT2D eigenvalue weighted by molar-refractivity contribution is 1.58. The van der Waals surface area contributed by atoms with Gasteiger partial charge in [0, 0.05) is 20.2 Å². The molecule has 11 aromatic rings. The van der Waals surface area contributed by atoms with Crippen LogP contribution in [0.1, 0.15) is 0 Å². The summed E-state index contributed by atoms with van der Waals surface area (Å²) in [6, 6.07) is 75.8. The lowest BCUT2D eigenvalue weighted by atomic mass is 9.91. The average Bonchev–Trinajstić information content (AvgIpc) is 3.65. The third-order valence-corrected chi connectivity index (χ3v) is 12.5. The number of hydrogen-bond acceptors (Lipinski definition) is 1. The molecule has 55 heavy (non-hydrogen) atoms. The summed E-state index contributed by atoms with van der Waals surface area (Å²) in [5.74, 6) is 0. The fourth-order valence-corrected chi connectivity index (χ4v) is 9.74. The van der Waals surface area contributed by atoms with Crippen molar-refractivity contribution in [2.45, 2.75) is 0 Å². The molecule has 1 heteroatoms. The molecule has 0 fully saturated rings. The SMILES string of the molecule is c1ccc(-c2ccc(-c3cccc(-c4ccc5sc6c(-c7cccc(-c8ccc9c%10ccccc%10c%10ccccc%10c9c8)c7)cccc6c5c4)c3)cc2)cc1. The van der Waals surface area contributed by atoms with Crippen molar-refractivity contribution in [2.75, 3.05) is 0 Å². The highest BCUT2D eigenvalue weighted by Gasteiger charge is 2.14. The Hall–Kier alpha value is -6.80.